The quantitative estimate of drug-likeness (QED) is 0.682. The molecule has 1 amide bonds. The van der Waals surface area contributed by atoms with Crippen LogP contribution < -0.4 is 10.6 Å². The van der Waals surface area contributed by atoms with E-state index in [9.17, 15) is 13.2 Å². The molecule has 1 aliphatic heterocycles. The second kappa shape index (κ2) is 6.81. The van der Waals surface area contributed by atoms with E-state index in [1.807, 2.05) is 0 Å². The van der Waals surface area contributed by atoms with Crippen molar-refractivity contribution >= 4 is 21.7 Å². The van der Waals surface area contributed by atoms with Crippen LogP contribution in [0.25, 0.3) is 0 Å². The van der Waals surface area contributed by atoms with Gasteiger partial charge in [-0.25, -0.2) is 13.4 Å². The van der Waals surface area contributed by atoms with E-state index in [0.29, 0.717) is 38.3 Å². The Labute approximate surface area is 124 Å². The number of hydrogen-bond donors (Lipinski definition) is 2. The van der Waals surface area contributed by atoms with Gasteiger partial charge in [0, 0.05) is 32.0 Å². The maximum Gasteiger partial charge on any atom is 0.238 e. The third-order valence-corrected chi connectivity index (χ3v) is 4.51. The minimum atomic E-state index is -3.33. The molecule has 0 saturated carbocycles. The van der Waals surface area contributed by atoms with Gasteiger partial charge in [-0.2, -0.15) is 4.31 Å². The molecule has 9 heteroatoms. The van der Waals surface area contributed by atoms with Crippen LogP contribution in [0, 0.1) is 0 Å². The first-order chi connectivity index (χ1) is 9.98. The first-order valence-corrected chi connectivity index (χ1v) is 8.58. The Morgan fingerprint density at radius 2 is 2.24 bits per heavy atom. The standard InChI is InChI=1S/C12H19N5O3S/c1-21(19,20)17-8-2-3-10(17)12(18)16-7-6-15-11-9-13-4-5-14-11/h4-5,9-10H,2-3,6-8H2,1H3,(H,14,15)(H,16,18)/t10-/m0/s1. The van der Waals surface area contributed by atoms with E-state index < -0.39 is 16.1 Å². The molecule has 1 fully saturated rings. The van der Waals surface area contributed by atoms with Crippen molar-refractivity contribution in [3.63, 3.8) is 0 Å². The predicted octanol–water partition coefficient (Wildman–Crippen LogP) is -0.571. The molecular weight excluding hydrogens is 294 g/mol. The zero-order valence-electron chi connectivity index (χ0n) is 11.8. The molecular formula is C12H19N5O3S. The molecule has 1 aliphatic rings. The zero-order chi connectivity index (χ0) is 15.3. The highest BCUT2D eigenvalue weighted by Gasteiger charge is 2.36. The summed E-state index contributed by atoms with van der Waals surface area (Å²) in [5, 5.41) is 5.75. The molecule has 1 aromatic rings. The highest BCUT2D eigenvalue weighted by Crippen LogP contribution is 2.20. The van der Waals surface area contributed by atoms with Gasteiger partial charge < -0.3 is 10.6 Å². The number of amides is 1. The van der Waals surface area contributed by atoms with Crippen LogP contribution >= 0.6 is 0 Å². The van der Waals surface area contributed by atoms with Gasteiger partial charge >= 0.3 is 0 Å². The van der Waals surface area contributed by atoms with Crippen molar-refractivity contribution in [1.29, 1.82) is 0 Å². The van der Waals surface area contributed by atoms with Crippen LogP contribution in [0.5, 0.6) is 0 Å². The average molecular weight is 313 g/mol. The van der Waals surface area contributed by atoms with E-state index in [4.69, 9.17) is 0 Å². The third kappa shape index (κ3) is 4.36. The minimum absolute atomic E-state index is 0.251. The fraction of sp³-hybridized carbons (Fsp3) is 0.583. The van der Waals surface area contributed by atoms with Gasteiger partial charge in [-0.3, -0.25) is 9.78 Å². The van der Waals surface area contributed by atoms with E-state index in [2.05, 4.69) is 20.6 Å². The first kappa shape index (κ1) is 15.6. The lowest BCUT2D eigenvalue weighted by molar-refractivity contribution is -0.124. The van der Waals surface area contributed by atoms with Crippen molar-refractivity contribution in [3.05, 3.63) is 18.6 Å². The first-order valence-electron chi connectivity index (χ1n) is 6.73. The maximum atomic E-state index is 12.0. The van der Waals surface area contributed by atoms with Gasteiger partial charge in [0.2, 0.25) is 15.9 Å². The smallest absolute Gasteiger partial charge is 0.238 e. The monoisotopic (exact) mass is 313 g/mol. The number of nitrogens with one attached hydrogen (secondary N) is 2. The largest absolute Gasteiger partial charge is 0.367 e. The molecule has 2 heterocycles. The Morgan fingerprint density at radius 1 is 1.43 bits per heavy atom. The van der Waals surface area contributed by atoms with Gasteiger partial charge in [-0.1, -0.05) is 0 Å². The number of rotatable bonds is 6. The van der Waals surface area contributed by atoms with Gasteiger partial charge in [0.25, 0.3) is 0 Å². The Bertz CT molecular complexity index is 578. The highest BCUT2D eigenvalue weighted by atomic mass is 32.2. The lowest BCUT2D eigenvalue weighted by atomic mass is 10.2. The van der Waals surface area contributed by atoms with Crippen molar-refractivity contribution in [2.24, 2.45) is 0 Å². The molecule has 116 valence electrons. The van der Waals surface area contributed by atoms with Crippen molar-refractivity contribution in [1.82, 2.24) is 19.6 Å². The summed E-state index contributed by atoms with van der Waals surface area (Å²) >= 11 is 0. The van der Waals surface area contributed by atoms with Crippen molar-refractivity contribution in [2.45, 2.75) is 18.9 Å². The number of sulfonamides is 1. The summed E-state index contributed by atoms with van der Waals surface area (Å²) in [6.45, 7) is 1.30. The molecule has 2 N–H and O–H groups in total. The number of aromatic nitrogens is 2. The lowest BCUT2D eigenvalue weighted by Gasteiger charge is -2.21. The molecule has 1 saturated heterocycles. The molecule has 0 radical (unpaired) electrons. The second-order valence-electron chi connectivity index (χ2n) is 4.84. The van der Waals surface area contributed by atoms with E-state index in [-0.39, 0.29) is 5.91 Å². The Balaban J connectivity index is 1.77. The van der Waals surface area contributed by atoms with E-state index >= 15 is 0 Å². The maximum absolute atomic E-state index is 12.0. The molecule has 0 aliphatic carbocycles. The summed E-state index contributed by atoms with van der Waals surface area (Å²) in [5.41, 5.74) is 0. The number of carbonyl (C=O) groups is 1. The van der Waals surface area contributed by atoms with Crippen LogP contribution in [0.15, 0.2) is 18.6 Å². The normalized spacial score (nSPS) is 19.4. The van der Waals surface area contributed by atoms with Crippen molar-refractivity contribution in [2.75, 3.05) is 31.2 Å². The summed E-state index contributed by atoms with van der Waals surface area (Å²) in [5.74, 6) is 0.379. The predicted molar refractivity (Wildman–Crippen MR) is 78.1 cm³/mol. The molecule has 2 rings (SSSR count). The van der Waals surface area contributed by atoms with Gasteiger partial charge in [0.05, 0.1) is 12.5 Å². The van der Waals surface area contributed by atoms with Gasteiger partial charge in [0.1, 0.15) is 11.9 Å². The average Bonchev–Trinajstić information content (AvgIpc) is 2.94. The van der Waals surface area contributed by atoms with Crippen LogP contribution in [0.3, 0.4) is 0 Å². The van der Waals surface area contributed by atoms with Crippen LogP contribution in [0.4, 0.5) is 5.82 Å². The van der Waals surface area contributed by atoms with Gasteiger partial charge in [-0.15, -0.1) is 0 Å². The number of nitrogens with zero attached hydrogens (tertiary/aromatic N) is 3. The van der Waals surface area contributed by atoms with E-state index in [0.717, 1.165) is 6.26 Å². The van der Waals surface area contributed by atoms with Crippen LogP contribution in [0.2, 0.25) is 0 Å². The SMILES string of the molecule is CS(=O)(=O)N1CCC[C@H]1C(=O)NCCNc1cnccn1. The van der Waals surface area contributed by atoms with Gasteiger partial charge in [0.15, 0.2) is 0 Å². The molecule has 1 atom stereocenters. The summed E-state index contributed by atoms with van der Waals surface area (Å²) < 4.78 is 24.4. The Kier molecular flexibility index (Phi) is 5.07. The molecule has 0 spiro atoms. The molecule has 8 nitrogen and oxygen atoms in total. The topological polar surface area (TPSA) is 104 Å². The zero-order valence-corrected chi connectivity index (χ0v) is 12.6. The molecule has 0 unspecified atom stereocenters. The highest BCUT2D eigenvalue weighted by molar-refractivity contribution is 7.88. The fourth-order valence-corrected chi connectivity index (χ4v) is 3.41. The van der Waals surface area contributed by atoms with Gasteiger partial charge in [-0.05, 0) is 12.8 Å². The van der Waals surface area contributed by atoms with Crippen LogP contribution in [-0.2, 0) is 14.8 Å². The Morgan fingerprint density at radius 3 is 2.90 bits per heavy atom. The summed E-state index contributed by atoms with van der Waals surface area (Å²) in [4.78, 5) is 20.0. The summed E-state index contributed by atoms with van der Waals surface area (Å²) in [6, 6.07) is -0.587. The number of anilines is 1. The molecule has 0 bridgehead atoms. The molecule has 1 aromatic heterocycles. The van der Waals surface area contributed by atoms with Crippen LogP contribution in [-0.4, -0.2) is 60.5 Å². The third-order valence-electron chi connectivity index (χ3n) is 3.23. The van der Waals surface area contributed by atoms with Crippen molar-refractivity contribution in [3.8, 4) is 0 Å². The fourth-order valence-electron chi connectivity index (χ4n) is 2.28. The molecule has 0 aromatic carbocycles. The minimum Gasteiger partial charge on any atom is -0.367 e. The summed E-state index contributed by atoms with van der Waals surface area (Å²) in [7, 11) is -3.33. The second-order valence-corrected chi connectivity index (χ2v) is 6.78. The van der Waals surface area contributed by atoms with E-state index in [1.54, 1.807) is 18.6 Å². The molecule has 21 heavy (non-hydrogen) atoms. The van der Waals surface area contributed by atoms with Crippen LogP contribution in [0.1, 0.15) is 12.8 Å². The Hall–Kier alpha value is -1.74. The lowest BCUT2D eigenvalue weighted by Crippen LogP contribution is -2.46. The number of carbonyl (C=O) groups excluding carboxylic acids is 1. The van der Waals surface area contributed by atoms with Crippen molar-refractivity contribution < 1.29 is 13.2 Å². The number of hydrogen-bond acceptors (Lipinski definition) is 6. The van der Waals surface area contributed by atoms with E-state index in [1.165, 1.54) is 4.31 Å². The summed E-state index contributed by atoms with van der Waals surface area (Å²) in [6.07, 6.45) is 7.15.